The van der Waals surface area contributed by atoms with Gasteiger partial charge >= 0.3 is 6.01 Å². The van der Waals surface area contributed by atoms with Gasteiger partial charge in [-0.25, -0.2) is 9.97 Å². The summed E-state index contributed by atoms with van der Waals surface area (Å²) < 4.78 is 12.7. The molecule has 1 aliphatic heterocycles. The van der Waals surface area contributed by atoms with Crippen LogP contribution in [0.2, 0.25) is 0 Å². The number of aromatic nitrogens is 4. The van der Waals surface area contributed by atoms with Crippen LogP contribution in [-0.2, 0) is 17.9 Å². The van der Waals surface area contributed by atoms with Crippen molar-refractivity contribution >= 4 is 21.6 Å². The number of thiazole rings is 1. The quantitative estimate of drug-likeness (QED) is 0.362. The summed E-state index contributed by atoms with van der Waals surface area (Å²) in [6.45, 7) is 9.32. The molecule has 36 heavy (non-hydrogen) atoms. The Morgan fingerprint density at radius 3 is 2.61 bits per heavy atom. The average Bonchev–Trinajstić information content (AvgIpc) is 3.26. The Morgan fingerprint density at radius 2 is 1.86 bits per heavy atom. The molecule has 0 radical (unpaired) electrons. The highest BCUT2D eigenvalue weighted by Crippen LogP contribution is 2.31. The minimum atomic E-state index is -0.599. The summed E-state index contributed by atoms with van der Waals surface area (Å²) in [5, 5.41) is 10.6. The monoisotopic (exact) mass is 500 g/mol. The molecule has 4 aromatic rings. The number of hydrogen-bond acceptors (Lipinski definition) is 9. The van der Waals surface area contributed by atoms with E-state index in [0.717, 1.165) is 41.1 Å². The second kappa shape index (κ2) is 10.7. The molecule has 0 aliphatic carbocycles. The summed E-state index contributed by atoms with van der Waals surface area (Å²) in [5.74, 6) is -0.599. The van der Waals surface area contributed by atoms with Crippen LogP contribution in [0.15, 0.2) is 48.8 Å². The van der Waals surface area contributed by atoms with Crippen molar-refractivity contribution in [3.05, 3.63) is 76.3 Å². The lowest BCUT2D eigenvalue weighted by Gasteiger charge is -2.35. The fourth-order valence-electron chi connectivity index (χ4n) is 4.46. The first-order valence-corrected chi connectivity index (χ1v) is 12.8. The van der Waals surface area contributed by atoms with E-state index in [4.69, 9.17) is 9.47 Å². The third-order valence-electron chi connectivity index (χ3n) is 6.05. The van der Waals surface area contributed by atoms with E-state index in [1.165, 1.54) is 16.9 Å². The SMILES string of the molecule is Cc1cc2sc(C(C#N)c3ccnc(OCc4ccc(CN5CC(C)OC(C)C5)cc4)n3)nc2cn1. The molecule has 184 valence electrons. The molecule has 3 atom stereocenters. The van der Waals surface area contributed by atoms with Gasteiger partial charge in [-0.1, -0.05) is 24.3 Å². The normalized spacial score (nSPS) is 19.2. The predicted molar refractivity (Wildman–Crippen MR) is 138 cm³/mol. The Hall–Kier alpha value is -3.45. The summed E-state index contributed by atoms with van der Waals surface area (Å²) in [4.78, 5) is 20.1. The van der Waals surface area contributed by atoms with Crippen LogP contribution in [0.4, 0.5) is 0 Å². The van der Waals surface area contributed by atoms with Crippen LogP contribution in [0, 0.1) is 18.3 Å². The zero-order chi connectivity index (χ0) is 25.1. The van der Waals surface area contributed by atoms with Crippen molar-refractivity contribution in [3.63, 3.8) is 0 Å². The highest BCUT2D eigenvalue weighted by molar-refractivity contribution is 7.18. The van der Waals surface area contributed by atoms with Gasteiger partial charge < -0.3 is 9.47 Å². The van der Waals surface area contributed by atoms with Crippen LogP contribution in [0.1, 0.15) is 47.3 Å². The first kappa shape index (κ1) is 24.3. The standard InChI is InChI=1S/C27H28N6O2S/c1-17-10-25-24(12-30-17)31-26(36-25)22(11-28)23-8-9-29-27(32-23)34-16-21-6-4-20(5-7-21)15-33-13-18(2)35-19(3)14-33/h4-10,12,18-19,22H,13-16H2,1-3H3. The van der Waals surface area contributed by atoms with E-state index in [-0.39, 0.29) is 18.2 Å². The second-order valence-corrected chi connectivity index (χ2v) is 10.3. The maximum Gasteiger partial charge on any atom is 0.316 e. The zero-order valence-corrected chi connectivity index (χ0v) is 21.4. The molecule has 0 N–H and O–H groups in total. The fraction of sp³-hybridized carbons (Fsp3) is 0.370. The molecule has 3 aromatic heterocycles. The van der Waals surface area contributed by atoms with Crippen molar-refractivity contribution in [3.8, 4) is 12.1 Å². The van der Waals surface area contributed by atoms with Gasteiger partial charge in [-0.15, -0.1) is 11.3 Å². The van der Waals surface area contributed by atoms with E-state index in [1.807, 2.05) is 13.0 Å². The number of rotatable bonds is 7. The van der Waals surface area contributed by atoms with E-state index in [1.54, 1.807) is 18.5 Å². The summed E-state index contributed by atoms with van der Waals surface area (Å²) >= 11 is 1.48. The molecule has 9 heteroatoms. The molecule has 0 bridgehead atoms. The minimum absolute atomic E-state index is 0.242. The Bertz CT molecular complexity index is 1370. The van der Waals surface area contributed by atoms with E-state index in [9.17, 15) is 5.26 Å². The molecule has 0 saturated carbocycles. The summed E-state index contributed by atoms with van der Waals surface area (Å²) in [6.07, 6.45) is 3.87. The second-order valence-electron chi connectivity index (χ2n) is 9.23. The smallest absolute Gasteiger partial charge is 0.316 e. The largest absolute Gasteiger partial charge is 0.459 e. The van der Waals surface area contributed by atoms with Crippen LogP contribution >= 0.6 is 11.3 Å². The Balaban J connectivity index is 1.23. The van der Waals surface area contributed by atoms with Gasteiger partial charge in [-0.2, -0.15) is 10.2 Å². The van der Waals surface area contributed by atoms with Gasteiger partial charge in [0.05, 0.1) is 40.4 Å². The van der Waals surface area contributed by atoms with Crippen molar-refractivity contribution in [1.82, 2.24) is 24.8 Å². The lowest BCUT2D eigenvalue weighted by atomic mass is 10.1. The average molecular weight is 501 g/mol. The molecule has 1 aliphatic rings. The Kier molecular flexibility index (Phi) is 7.18. The van der Waals surface area contributed by atoms with Crippen LogP contribution in [0.25, 0.3) is 10.2 Å². The van der Waals surface area contributed by atoms with Crippen LogP contribution in [0.5, 0.6) is 6.01 Å². The molecular formula is C27H28N6O2S. The molecule has 5 rings (SSSR count). The molecular weight excluding hydrogens is 472 g/mol. The lowest BCUT2D eigenvalue weighted by molar-refractivity contribution is -0.0704. The van der Waals surface area contributed by atoms with Crippen molar-refractivity contribution < 1.29 is 9.47 Å². The van der Waals surface area contributed by atoms with E-state index in [2.05, 4.69) is 69.0 Å². The van der Waals surface area contributed by atoms with Crippen molar-refractivity contribution in [2.75, 3.05) is 13.1 Å². The van der Waals surface area contributed by atoms with Crippen molar-refractivity contribution in [2.45, 2.75) is 52.0 Å². The zero-order valence-electron chi connectivity index (χ0n) is 20.6. The van der Waals surface area contributed by atoms with Gasteiger partial charge in [0, 0.05) is 31.5 Å². The maximum atomic E-state index is 9.87. The lowest BCUT2D eigenvalue weighted by Crippen LogP contribution is -2.44. The highest BCUT2D eigenvalue weighted by Gasteiger charge is 2.22. The molecule has 3 unspecified atom stereocenters. The van der Waals surface area contributed by atoms with E-state index >= 15 is 0 Å². The van der Waals surface area contributed by atoms with Gasteiger partial charge in [0.2, 0.25) is 0 Å². The van der Waals surface area contributed by atoms with E-state index < -0.39 is 5.92 Å². The Morgan fingerprint density at radius 1 is 1.11 bits per heavy atom. The highest BCUT2D eigenvalue weighted by atomic mass is 32.1. The van der Waals surface area contributed by atoms with Gasteiger partial charge in [0.15, 0.2) is 0 Å². The van der Waals surface area contributed by atoms with Crippen LogP contribution in [-0.4, -0.2) is 50.1 Å². The summed E-state index contributed by atoms with van der Waals surface area (Å²) in [6, 6.07) is 14.7. The van der Waals surface area contributed by atoms with Crippen LogP contribution in [0.3, 0.4) is 0 Å². The molecule has 8 nitrogen and oxygen atoms in total. The first-order valence-electron chi connectivity index (χ1n) is 12.0. The number of morpholine rings is 1. The number of nitrogens with zero attached hydrogens (tertiary/aromatic N) is 6. The molecule has 1 aromatic carbocycles. The number of benzene rings is 1. The third kappa shape index (κ3) is 5.68. The van der Waals surface area contributed by atoms with Gasteiger partial charge in [0.1, 0.15) is 17.5 Å². The predicted octanol–water partition coefficient (Wildman–Crippen LogP) is 4.63. The van der Waals surface area contributed by atoms with E-state index in [0.29, 0.717) is 17.3 Å². The fourth-order valence-corrected chi connectivity index (χ4v) is 5.56. The maximum absolute atomic E-state index is 9.87. The number of fused-ring (bicyclic) bond motifs is 1. The number of hydrogen-bond donors (Lipinski definition) is 0. The van der Waals surface area contributed by atoms with Gasteiger partial charge in [-0.3, -0.25) is 9.88 Å². The number of nitriles is 1. The molecule has 0 amide bonds. The van der Waals surface area contributed by atoms with Gasteiger partial charge in [-0.05, 0) is 44.0 Å². The topological polar surface area (TPSA) is 97.0 Å². The summed E-state index contributed by atoms with van der Waals surface area (Å²) in [7, 11) is 0. The minimum Gasteiger partial charge on any atom is -0.459 e. The third-order valence-corrected chi connectivity index (χ3v) is 7.13. The van der Waals surface area contributed by atoms with Crippen LogP contribution < -0.4 is 4.74 Å². The number of pyridine rings is 1. The molecule has 0 spiro atoms. The van der Waals surface area contributed by atoms with Crippen molar-refractivity contribution in [1.29, 1.82) is 5.26 Å². The summed E-state index contributed by atoms with van der Waals surface area (Å²) in [5.41, 5.74) is 4.56. The molecule has 1 fully saturated rings. The van der Waals surface area contributed by atoms with Gasteiger partial charge in [0.25, 0.3) is 0 Å². The first-order chi connectivity index (χ1) is 17.5. The number of ether oxygens (including phenoxy) is 2. The van der Waals surface area contributed by atoms with Crippen molar-refractivity contribution in [2.24, 2.45) is 0 Å². The molecule has 1 saturated heterocycles. The number of aryl methyl sites for hydroxylation is 1. The Labute approximate surface area is 214 Å². The molecule has 4 heterocycles.